The van der Waals surface area contributed by atoms with Gasteiger partial charge in [-0.25, -0.2) is 0 Å². The van der Waals surface area contributed by atoms with E-state index in [0.717, 1.165) is 12.0 Å². The SMILES string of the molecule is CCCc1ccc(C(NC(C)c2nnc(-c3ccccc3)o2)C(C)C)cc1. The lowest BCUT2D eigenvalue weighted by Crippen LogP contribution is -2.28. The molecule has 3 rings (SSSR count). The van der Waals surface area contributed by atoms with Gasteiger partial charge in [-0.1, -0.05) is 69.7 Å². The van der Waals surface area contributed by atoms with Gasteiger partial charge in [-0.05, 0) is 42.5 Å². The Labute approximate surface area is 162 Å². The second-order valence-corrected chi connectivity index (χ2v) is 7.41. The van der Waals surface area contributed by atoms with Gasteiger partial charge >= 0.3 is 0 Å². The van der Waals surface area contributed by atoms with Crippen LogP contribution in [0.4, 0.5) is 0 Å². The molecular weight excluding hydrogens is 334 g/mol. The third-order valence-electron chi connectivity index (χ3n) is 4.81. The maximum absolute atomic E-state index is 5.91. The van der Waals surface area contributed by atoms with Crippen LogP contribution in [-0.2, 0) is 6.42 Å². The van der Waals surface area contributed by atoms with E-state index in [0.29, 0.717) is 17.7 Å². The van der Waals surface area contributed by atoms with E-state index in [4.69, 9.17) is 4.42 Å². The molecule has 0 spiro atoms. The predicted molar refractivity (Wildman–Crippen MR) is 109 cm³/mol. The minimum atomic E-state index is -0.0299. The molecule has 2 atom stereocenters. The molecule has 0 radical (unpaired) electrons. The van der Waals surface area contributed by atoms with Crippen LogP contribution in [0.2, 0.25) is 0 Å². The molecule has 0 aliphatic heterocycles. The summed E-state index contributed by atoms with van der Waals surface area (Å²) in [6, 6.07) is 19.0. The van der Waals surface area contributed by atoms with Gasteiger partial charge in [-0.3, -0.25) is 5.32 Å². The fourth-order valence-electron chi connectivity index (χ4n) is 3.30. The fraction of sp³-hybridized carbons (Fsp3) is 0.391. The summed E-state index contributed by atoms with van der Waals surface area (Å²) in [5.74, 6) is 1.62. The molecular formula is C23H29N3O. The lowest BCUT2D eigenvalue weighted by Gasteiger charge is -2.25. The van der Waals surface area contributed by atoms with E-state index in [9.17, 15) is 0 Å². The quantitative estimate of drug-likeness (QED) is 0.555. The average Bonchev–Trinajstić information content (AvgIpc) is 3.18. The molecule has 27 heavy (non-hydrogen) atoms. The molecule has 0 amide bonds. The van der Waals surface area contributed by atoms with Gasteiger partial charge in [-0.15, -0.1) is 10.2 Å². The molecule has 1 heterocycles. The Bertz CT molecular complexity index is 824. The van der Waals surface area contributed by atoms with Crippen molar-refractivity contribution in [1.29, 1.82) is 0 Å². The van der Waals surface area contributed by atoms with Crippen LogP contribution in [0.3, 0.4) is 0 Å². The van der Waals surface area contributed by atoms with Crippen molar-refractivity contribution in [3.05, 3.63) is 71.6 Å². The Morgan fingerprint density at radius 1 is 0.926 bits per heavy atom. The molecule has 0 saturated heterocycles. The Kier molecular flexibility index (Phi) is 6.40. The number of rotatable bonds is 8. The maximum Gasteiger partial charge on any atom is 0.247 e. The van der Waals surface area contributed by atoms with E-state index in [1.165, 1.54) is 17.5 Å². The molecule has 4 heteroatoms. The molecule has 0 bridgehead atoms. The van der Waals surface area contributed by atoms with Crippen molar-refractivity contribution in [2.45, 2.75) is 52.6 Å². The van der Waals surface area contributed by atoms with Crippen molar-refractivity contribution in [3.63, 3.8) is 0 Å². The molecule has 1 aromatic heterocycles. The molecule has 2 unspecified atom stereocenters. The van der Waals surface area contributed by atoms with Crippen LogP contribution in [0.5, 0.6) is 0 Å². The van der Waals surface area contributed by atoms with Gasteiger partial charge in [-0.2, -0.15) is 0 Å². The van der Waals surface area contributed by atoms with E-state index >= 15 is 0 Å². The minimum absolute atomic E-state index is 0.0299. The molecule has 2 aromatic carbocycles. The third-order valence-corrected chi connectivity index (χ3v) is 4.81. The van der Waals surface area contributed by atoms with Crippen molar-refractivity contribution >= 4 is 0 Å². The molecule has 4 nitrogen and oxygen atoms in total. The van der Waals surface area contributed by atoms with E-state index in [1.54, 1.807) is 0 Å². The topological polar surface area (TPSA) is 51.0 Å². The van der Waals surface area contributed by atoms with E-state index in [1.807, 2.05) is 30.3 Å². The van der Waals surface area contributed by atoms with Crippen molar-refractivity contribution in [1.82, 2.24) is 15.5 Å². The molecule has 0 aliphatic carbocycles. The highest BCUT2D eigenvalue weighted by molar-refractivity contribution is 5.51. The first-order valence-corrected chi connectivity index (χ1v) is 9.82. The summed E-state index contributed by atoms with van der Waals surface area (Å²) in [6.07, 6.45) is 2.30. The van der Waals surface area contributed by atoms with Gasteiger partial charge in [0, 0.05) is 11.6 Å². The fourth-order valence-corrected chi connectivity index (χ4v) is 3.30. The van der Waals surface area contributed by atoms with Gasteiger partial charge in [0.05, 0.1) is 6.04 Å². The summed E-state index contributed by atoms with van der Waals surface area (Å²) in [6.45, 7) is 8.74. The molecule has 1 N–H and O–H groups in total. The normalized spacial score (nSPS) is 13.7. The van der Waals surface area contributed by atoms with Crippen LogP contribution in [-0.4, -0.2) is 10.2 Å². The Morgan fingerprint density at radius 3 is 2.26 bits per heavy atom. The first-order valence-electron chi connectivity index (χ1n) is 9.82. The standard InChI is InChI=1S/C23H29N3O/c1-5-9-18-12-14-19(15-13-18)21(16(2)3)24-17(4)22-25-26-23(27-22)20-10-7-6-8-11-20/h6-8,10-17,21,24H,5,9H2,1-4H3. The molecule has 3 aromatic rings. The molecule has 0 aliphatic rings. The number of nitrogens with zero attached hydrogens (tertiary/aromatic N) is 2. The van der Waals surface area contributed by atoms with Crippen LogP contribution in [0, 0.1) is 5.92 Å². The monoisotopic (exact) mass is 363 g/mol. The summed E-state index contributed by atoms with van der Waals surface area (Å²) >= 11 is 0. The highest BCUT2D eigenvalue weighted by Gasteiger charge is 2.22. The average molecular weight is 364 g/mol. The first-order chi connectivity index (χ1) is 13.1. The van der Waals surface area contributed by atoms with Gasteiger partial charge < -0.3 is 4.42 Å². The zero-order valence-corrected chi connectivity index (χ0v) is 16.6. The zero-order valence-electron chi connectivity index (χ0n) is 16.6. The summed E-state index contributed by atoms with van der Waals surface area (Å²) < 4.78 is 5.91. The Morgan fingerprint density at radius 2 is 1.63 bits per heavy atom. The number of hydrogen-bond acceptors (Lipinski definition) is 4. The molecule has 0 saturated carbocycles. The van der Waals surface area contributed by atoms with E-state index in [-0.39, 0.29) is 12.1 Å². The van der Waals surface area contributed by atoms with E-state index in [2.05, 4.69) is 67.5 Å². The lowest BCUT2D eigenvalue weighted by molar-refractivity contribution is 0.335. The minimum Gasteiger partial charge on any atom is -0.419 e. The van der Waals surface area contributed by atoms with Crippen molar-refractivity contribution in [2.75, 3.05) is 0 Å². The number of benzene rings is 2. The van der Waals surface area contributed by atoms with E-state index < -0.39 is 0 Å². The molecule has 142 valence electrons. The summed E-state index contributed by atoms with van der Waals surface area (Å²) in [4.78, 5) is 0. The number of nitrogens with one attached hydrogen (secondary N) is 1. The van der Waals surface area contributed by atoms with Crippen molar-refractivity contribution in [3.8, 4) is 11.5 Å². The maximum atomic E-state index is 5.91. The summed E-state index contributed by atoms with van der Waals surface area (Å²) in [5, 5.41) is 12.1. The third kappa shape index (κ3) is 4.83. The first kappa shape index (κ1) is 19.3. The number of aryl methyl sites for hydroxylation is 1. The van der Waals surface area contributed by atoms with Crippen molar-refractivity contribution < 1.29 is 4.42 Å². The van der Waals surface area contributed by atoms with Gasteiger partial charge in [0.1, 0.15) is 0 Å². The van der Waals surface area contributed by atoms with Crippen LogP contribution in [0.25, 0.3) is 11.5 Å². The largest absolute Gasteiger partial charge is 0.419 e. The Hall–Kier alpha value is -2.46. The number of hydrogen-bond donors (Lipinski definition) is 1. The predicted octanol–water partition coefficient (Wildman–Crippen LogP) is 5.74. The van der Waals surface area contributed by atoms with Crippen LogP contribution < -0.4 is 5.32 Å². The van der Waals surface area contributed by atoms with Gasteiger partial charge in [0.15, 0.2) is 0 Å². The van der Waals surface area contributed by atoms with Gasteiger partial charge in [0.25, 0.3) is 0 Å². The Balaban J connectivity index is 1.74. The van der Waals surface area contributed by atoms with Crippen molar-refractivity contribution in [2.24, 2.45) is 5.92 Å². The highest BCUT2D eigenvalue weighted by atomic mass is 16.4. The number of aromatic nitrogens is 2. The van der Waals surface area contributed by atoms with Crippen LogP contribution in [0.15, 0.2) is 59.0 Å². The van der Waals surface area contributed by atoms with Gasteiger partial charge in [0.2, 0.25) is 11.8 Å². The lowest BCUT2D eigenvalue weighted by atomic mass is 9.94. The molecule has 0 fully saturated rings. The summed E-state index contributed by atoms with van der Waals surface area (Å²) in [5.41, 5.74) is 3.62. The smallest absolute Gasteiger partial charge is 0.247 e. The second-order valence-electron chi connectivity index (χ2n) is 7.41. The summed E-state index contributed by atoms with van der Waals surface area (Å²) in [7, 11) is 0. The zero-order chi connectivity index (χ0) is 19.2. The van der Waals surface area contributed by atoms with Crippen LogP contribution in [0.1, 0.15) is 63.2 Å². The second kappa shape index (κ2) is 8.96. The highest BCUT2D eigenvalue weighted by Crippen LogP contribution is 2.27. The van der Waals surface area contributed by atoms with Crippen LogP contribution >= 0.6 is 0 Å².